The predicted octanol–water partition coefficient (Wildman–Crippen LogP) is -0.884. The molecule has 1 aromatic heterocycles. The quantitative estimate of drug-likeness (QED) is 0.675. The van der Waals surface area contributed by atoms with Crippen molar-refractivity contribution in [3.63, 3.8) is 0 Å². The van der Waals surface area contributed by atoms with E-state index in [0.717, 1.165) is 56.7 Å². The number of hydrogen-bond donors (Lipinski definition) is 0. The Balaban J connectivity index is 3.21. The van der Waals surface area contributed by atoms with Gasteiger partial charge in [-0.2, -0.15) is 0 Å². The molecule has 0 unspecified atom stereocenters. The van der Waals surface area contributed by atoms with Gasteiger partial charge in [-0.15, -0.1) is 0 Å². The molecule has 0 bridgehead atoms. The number of nitrogens with zero attached hydrogens (tertiary/aromatic N) is 2. The van der Waals surface area contributed by atoms with Gasteiger partial charge in [-0.05, 0) is 0 Å². The summed E-state index contributed by atoms with van der Waals surface area (Å²) in [4.78, 5) is 0. The van der Waals surface area contributed by atoms with Gasteiger partial charge in [0.25, 0.3) is 0 Å². The number of rotatable bonds is 1. The molecule has 7 heteroatoms. The molecule has 0 radical (unpaired) electrons. The van der Waals surface area contributed by atoms with Gasteiger partial charge in [-0.1, -0.05) is 0 Å². The molecule has 0 fully saturated rings. The van der Waals surface area contributed by atoms with E-state index < -0.39 is 9.84 Å². The van der Waals surface area contributed by atoms with Gasteiger partial charge in [0.2, 0.25) is 0 Å². The van der Waals surface area contributed by atoms with Gasteiger partial charge in [0.15, 0.2) is 0 Å². The number of hydrogen-bond acceptors (Lipinski definition) is 5. The van der Waals surface area contributed by atoms with Crippen LogP contribution in [0.5, 0.6) is 0 Å². The molecular weight excluding hydrogens is 311 g/mol. The van der Waals surface area contributed by atoms with Crippen molar-refractivity contribution in [2.24, 2.45) is 0 Å². The molecule has 0 aromatic carbocycles. The molecule has 0 N–H and O–H groups in total. The van der Waals surface area contributed by atoms with Crippen LogP contribution >= 0.6 is 11.3 Å². The van der Waals surface area contributed by atoms with Crippen LogP contribution in [0.1, 0.15) is 0 Å². The minimum atomic E-state index is -3.12. The number of sulfone groups is 1. The Morgan fingerprint density at radius 2 is 2.10 bits per heavy atom. The van der Waals surface area contributed by atoms with E-state index >= 15 is 0 Å². The van der Waals surface area contributed by atoms with E-state index in [1.165, 1.54) is 0 Å². The van der Waals surface area contributed by atoms with Gasteiger partial charge in [-0.3, -0.25) is 0 Å². The van der Waals surface area contributed by atoms with Gasteiger partial charge < -0.3 is 0 Å². The zero-order chi connectivity index (χ0) is 7.78. The van der Waals surface area contributed by atoms with Crippen LogP contribution in [0, 0.1) is 38.3 Å². The molecule has 0 aliphatic rings. The first-order valence-electron chi connectivity index (χ1n) is 2.21. The summed E-state index contributed by atoms with van der Waals surface area (Å²) in [5.74, 6) is 0. The van der Waals surface area contributed by atoms with Gasteiger partial charge in [0.1, 0.15) is 0 Å². The predicted molar refractivity (Wildman–Crippen MR) is 32.7 cm³/mol. The molecule has 1 rings (SSSR count). The summed E-state index contributed by atoms with van der Waals surface area (Å²) in [7, 11) is -3.12. The zero-order valence-electron chi connectivity index (χ0n) is 4.94. The number of aromatic nitrogens is 2. The standard InChI is InChI=1S/C3H3N2O2S2.Sm/c1-9(6,7)3-5-4-2-8-3;/h1H3;. The van der Waals surface area contributed by atoms with Crippen molar-refractivity contribution in [3.05, 3.63) is 0 Å². The molecule has 0 saturated heterocycles. The SMILES string of the molecule is CS(=O)(=O)c1nn[c]([Sm])s1. The van der Waals surface area contributed by atoms with E-state index in [2.05, 4.69) is 10.2 Å². The molecule has 10 heavy (non-hydrogen) atoms. The minimum absolute atomic E-state index is 0.109. The second-order valence-electron chi connectivity index (χ2n) is 1.61. The molecule has 55 valence electrons. The monoisotopic (exact) mass is 315 g/mol. The van der Waals surface area contributed by atoms with E-state index in [1.54, 1.807) is 0 Å². The summed E-state index contributed by atoms with van der Waals surface area (Å²) in [5, 5.41) is 7.10. The van der Waals surface area contributed by atoms with Gasteiger partial charge in [-0.25, -0.2) is 0 Å². The summed E-state index contributed by atoms with van der Waals surface area (Å²) in [6, 6.07) is 0. The first-order chi connectivity index (χ1) is 4.50. The second-order valence-corrected chi connectivity index (χ2v) is 6.93. The molecule has 0 amide bonds. The van der Waals surface area contributed by atoms with Crippen molar-refractivity contribution in [1.82, 2.24) is 10.2 Å². The van der Waals surface area contributed by atoms with Crippen molar-refractivity contribution in [2.45, 2.75) is 4.34 Å². The van der Waals surface area contributed by atoms with Crippen LogP contribution in [0.3, 0.4) is 0 Å². The van der Waals surface area contributed by atoms with Crippen LogP contribution in [0.25, 0.3) is 0 Å². The van der Waals surface area contributed by atoms with Crippen LogP contribution < -0.4 is 0.723 Å². The van der Waals surface area contributed by atoms with Gasteiger partial charge >= 0.3 is 89.4 Å². The summed E-state index contributed by atoms with van der Waals surface area (Å²) < 4.78 is 22.4. The third-order valence-corrected chi connectivity index (χ3v) is 4.16. The summed E-state index contributed by atoms with van der Waals surface area (Å²) in [6.07, 6.45) is 1.13. The Morgan fingerprint density at radius 1 is 1.50 bits per heavy atom. The summed E-state index contributed by atoms with van der Waals surface area (Å²) in [6.45, 7) is 0. The topological polar surface area (TPSA) is 59.9 Å². The maximum atomic E-state index is 10.8. The Hall–Kier alpha value is 0.848. The molecule has 4 nitrogen and oxygen atoms in total. The van der Waals surface area contributed by atoms with Crippen LogP contribution in [0.15, 0.2) is 4.34 Å². The molecule has 0 aliphatic heterocycles. The second kappa shape index (κ2) is 3.07. The normalized spacial score (nSPS) is 11.7. The third-order valence-electron chi connectivity index (χ3n) is 0.705. The molecule has 0 aliphatic carbocycles. The Labute approximate surface area is 88.2 Å². The summed E-state index contributed by atoms with van der Waals surface area (Å²) in [5.41, 5.74) is 0. The Bertz CT molecular complexity index is 330. The van der Waals surface area contributed by atoms with E-state index in [4.69, 9.17) is 0 Å². The van der Waals surface area contributed by atoms with Crippen LogP contribution in [0.2, 0.25) is 0 Å². The molecule has 1 aromatic rings. The van der Waals surface area contributed by atoms with Crippen LogP contribution in [0.4, 0.5) is 0 Å². The van der Waals surface area contributed by atoms with Crippen molar-refractivity contribution in [3.8, 4) is 0 Å². The zero-order valence-corrected chi connectivity index (χ0v) is 9.19. The van der Waals surface area contributed by atoms with Gasteiger partial charge in [0.05, 0.1) is 0 Å². The van der Waals surface area contributed by atoms with Crippen molar-refractivity contribution < 1.29 is 46.8 Å². The average molecular weight is 314 g/mol. The third kappa shape index (κ3) is 2.17. The van der Waals surface area contributed by atoms with Crippen LogP contribution in [-0.4, -0.2) is 24.9 Å². The maximum absolute atomic E-state index is 10.8. The first-order valence-corrected chi connectivity index (χ1v) is 6.22. The Morgan fingerprint density at radius 3 is 2.30 bits per heavy atom. The van der Waals surface area contributed by atoms with Crippen molar-refractivity contribution in [1.29, 1.82) is 0 Å². The molecule has 1 heterocycles. The first kappa shape index (κ1) is 8.94. The van der Waals surface area contributed by atoms with Gasteiger partial charge in [0, 0.05) is 0 Å². The van der Waals surface area contributed by atoms with Crippen molar-refractivity contribution in [2.75, 3.05) is 6.26 Å². The summed E-state index contributed by atoms with van der Waals surface area (Å²) >= 11 is 2.26. The fraction of sp³-hybridized carbons (Fsp3) is 0.333. The molecule has 0 saturated carbocycles. The van der Waals surface area contributed by atoms with Crippen molar-refractivity contribution >= 4 is 21.9 Å². The Kier molecular flexibility index (Phi) is 2.74. The average Bonchev–Trinajstić information content (AvgIpc) is 2.11. The van der Waals surface area contributed by atoms with E-state index in [9.17, 15) is 8.42 Å². The van der Waals surface area contributed by atoms with E-state index in [1.807, 2.05) is 0 Å². The fourth-order valence-corrected chi connectivity index (χ4v) is 3.14. The van der Waals surface area contributed by atoms with E-state index in [-0.39, 0.29) is 4.34 Å². The van der Waals surface area contributed by atoms with E-state index in [0.29, 0.717) is 0 Å². The molecular formula is C3H3N2O2S2Sm. The molecule has 0 spiro atoms. The molecule has 0 atom stereocenters. The fourth-order valence-electron chi connectivity index (χ4n) is 0.347. The van der Waals surface area contributed by atoms with Crippen LogP contribution in [-0.2, 0) is 9.84 Å².